The Kier molecular flexibility index (Phi) is 5.16. The number of carbonyl (C=O) groups excluding carboxylic acids is 1. The first-order valence-electron chi connectivity index (χ1n) is 8.64. The van der Waals surface area contributed by atoms with Crippen LogP contribution in [0.3, 0.4) is 0 Å². The standard InChI is InChI=1S/C21H23N3O/c1-23(2)21(25)20-8-5-13-24(20)15-16-9-11-17(12-10-16)19-7-4-3-6-18(19)14-22/h3-4,6-7,9-12,20H,5,8,13,15H2,1-2H3/t20-/m1/s1. The Labute approximate surface area is 149 Å². The highest BCUT2D eigenvalue weighted by molar-refractivity contribution is 5.81. The van der Waals surface area contributed by atoms with Gasteiger partial charge in [0.05, 0.1) is 17.7 Å². The summed E-state index contributed by atoms with van der Waals surface area (Å²) in [6.07, 6.45) is 2.00. The molecule has 1 amide bonds. The molecular formula is C21H23N3O. The summed E-state index contributed by atoms with van der Waals surface area (Å²) < 4.78 is 0. The Bertz CT molecular complexity index is 790. The predicted octanol–water partition coefficient (Wildman–Crippen LogP) is 3.28. The molecule has 1 fully saturated rings. The summed E-state index contributed by atoms with van der Waals surface area (Å²) >= 11 is 0. The van der Waals surface area contributed by atoms with Gasteiger partial charge in [-0.25, -0.2) is 0 Å². The van der Waals surface area contributed by atoms with E-state index in [-0.39, 0.29) is 11.9 Å². The Morgan fingerprint density at radius 3 is 2.60 bits per heavy atom. The van der Waals surface area contributed by atoms with Gasteiger partial charge in [-0.3, -0.25) is 9.69 Å². The summed E-state index contributed by atoms with van der Waals surface area (Å²) in [5.41, 5.74) is 3.88. The molecule has 2 aromatic rings. The average Bonchev–Trinajstić information content (AvgIpc) is 3.09. The summed E-state index contributed by atoms with van der Waals surface area (Å²) in [4.78, 5) is 16.3. The minimum Gasteiger partial charge on any atom is -0.347 e. The van der Waals surface area contributed by atoms with Crippen molar-refractivity contribution in [1.82, 2.24) is 9.80 Å². The summed E-state index contributed by atoms with van der Waals surface area (Å²) in [6, 6.07) is 18.2. The van der Waals surface area contributed by atoms with Crippen LogP contribution in [-0.2, 0) is 11.3 Å². The van der Waals surface area contributed by atoms with E-state index in [2.05, 4.69) is 35.2 Å². The second kappa shape index (κ2) is 7.50. The molecule has 0 radical (unpaired) electrons. The number of amides is 1. The van der Waals surface area contributed by atoms with Crippen molar-refractivity contribution in [2.75, 3.05) is 20.6 Å². The van der Waals surface area contributed by atoms with E-state index in [4.69, 9.17) is 0 Å². The molecule has 4 nitrogen and oxygen atoms in total. The molecule has 1 aliphatic heterocycles. The third-order valence-corrected chi connectivity index (χ3v) is 4.79. The predicted molar refractivity (Wildman–Crippen MR) is 98.7 cm³/mol. The van der Waals surface area contributed by atoms with Crippen molar-refractivity contribution in [2.45, 2.75) is 25.4 Å². The van der Waals surface area contributed by atoms with E-state index in [0.717, 1.165) is 37.1 Å². The average molecular weight is 333 g/mol. The molecule has 4 heteroatoms. The lowest BCUT2D eigenvalue weighted by Gasteiger charge is -2.26. The molecular weight excluding hydrogens is 310 g/mol. The first-order valence-corrected chi connectivity index (χ1v) is 8.64. The Morgan fingerprint density at radius 2 is 1.92 bits per heavy atom. The second-order valence-electron chi connectivity index (χ2n) is 6.72. The SMILES string of the molecule is CN(C)C(=O)[C@H]1CCCN1Cc1ccc(-c2ccccc2C#N)cc1. The van der Waals surface area contributed by atoms with Gasteiger partial charge >= 0.3 is 0 Å². The van der Waals surface area contributed by atoms with Gasteiger partial charge in [0.1, 0.15) is 0 Å². The van der Waals surface area contributed by atoms with Gasteiger partial charge in [-0.2, -0.15) is 5.26 Å². The van der Waals surface area contributed by atoms with Gasteiger partial charge in [-0.05, 0) is 42.1 Å². The third-order valence-electron chi connectivity index (χ3n) is 4.79. The van der Waals surface area contributed by atoms with Crippen LogP contribution in [0.2, 0.25) is 0 Å². The number of likely N-dealkylation sites (N-methyl/N-ethyl adjacent to an activating group) is 1. The number of rotatable bonds is 4. The Hall–Kier alpha value is -2.64. The number of hydrogen-bond donors (Lipinski definition) is 0. The van der Waals surface area contributed by atoms with Crippen molar-refractivity contribution < 1.29 is 4.79 Å². The molecule has 1 saturated heterocycles. The van der Waals surface area contributed by atoms with Crippen LogP contribution in [0.4, 0.5) is 0 Å². The van der Waals surface area contributed by atoms with Crippen molar-refractivity contribution in [1.29, 1.82) is 5.26 Å². The smallest absolute Gasteiger partial charge is 0.239 e. The number of nitrogens with zero attached hydrogens (tertiary/aromatic N) is 3. The summed E-state index contributed by atoms with van der Waals surface area (Å²) in [7, 11) is 3.64. The van der Waals surface area contributed by atoms with Crippen LogP contribution in [0, 0.1) is 11.3 Å². The van der Waals surface area contributed by atoms with Crippen LogP contribution in [0.25, 0.3) is 11.1 Å². The van der Waals surface area contributed by atoms with E-state index in [1.807, 2.05) is 38.4 Å². The molecule has 25 heavy (non-hydrogen) atoms. The minimum absolute atomic E-state index is 0.00556. The van der Waals surface area contributed by atoms with Gasteiger partial charge in [0.15, 0.2) is 0 Å². The summed E-state index contributed by atoms with van der Waals surface area (Å²) in [5.74, 6) is 0.192. The number of benzene rings is 2. The molecule has 0 aromatic heterocycles. The molecule has 0 bridgehead atoms. The van der Waals surface area contributed by atoms with E-state index >= 15 is 0 Å². The Balaban J connectivity index is 1.75. The van der Waals surface area contributed by atoms with Gasteiger partial charge in [-0.15, -0.1) is 0 Å². The third kappa shape index (κ3) is 3.72. The first-order chi connectivity index (χ1) is 12.1. The molecule has 2 aromatic carbocycles. The van der Waals surface area contributed by atoms with Crippen LogP contribution < -0.4 is 0 Å². The molecule has 128 valence electrons. The maximum atomic E-state index is 12.3. The fraction of sp³-hybridized carbons (Fsp3) is 0.333. The van der Waals surface area contributed by atoms with E-state index in [0.29, 0.717) is 5.56 Å². The lowest BCUT2D eigenvalue weighted by Crippen LogP contribution is -2.42. The largest absolute Gasteiger partial charge is 0.347 e. The van der Waals surface area contributed by atoms with Crippen LogP contribution in [0.1, 0.15) is 24.0 Å². The normalized spacial score (nSPS) is 17.2. The molecule has 3 rings (SSSR count). The zero-order valence-electron chi connectivity index (χ0n) is 14.8. The lowest BCUT2D eigenvalue weighted by atomic mass is 9.99. The van der Waals surface area contributed by atoms with Gasteiger partial charge in [0.2, 0.25) is 5.91 Å². The highest BCUT2D eigenvalue weighted by Gasteiger charge is 2.31. The molecule has 0 saturated carbocycles. The van der Waals surface area contributed by atoms with E-state index in [1.165, 1.54) is 5.56 Å². The summed E-state index contributed by atoms with van der Waals surface area (Å²) in [6.45, 7) is 1.74. The topological polar surface area (TPSA) is 47.3 Å². The first kappa shape index (κ1) is 17.2. The van der Waals surface area contributed by atoms with Crippen LogP contribution in [0.15, 0.2) is 48.5 Å². The number of likely N-dealkylation sites (tertiary alicyclic amines) is 1. The van der Waals surface area contributed by atoms with Gasteiger partial charge in [-0.1, -0.05) is 42.5 Å². The van der Waals surface area contributed by atoms with Crippen LogP contribution in [-0.4, -0.2) is 42.4 Å². The molecule has 0 N–H and O–H groups in total. The van der Waals surface area contributed by atoms with Crippen molar-refractivity contribution >= 4 is 5.91 Å². The fourth-order valence-corrected chi connectivity index (χ4v) is 3.45. The van der Waals surface area contributed by atoms with E-state index in [9.17, 15) is 10.1 Å². The van der Waals surface area contributed by atoms with Crippen molar-refractivity contribution in [3.05, 3.63) is 59.7 Å². The molecule has 1 heterocycles. The molecule has 0 aliphatic carbocycles. The van der Waals surface area contributed by atoms with Crippen LogP contribution >= 0.6 is 0 Å². The molecule has 0 spiro atoms. The monoisotopic (exact) mass is 333 g/mol. The molecule has 1 aliphatic rings. The second-order valence-corrected chi connectivity index (χ2v) is 6.72. The van der Waals surface area contributed by atoms with Crippen molar-refractivity contribution in [3.8, 4) is 17.2 Å². The molecule has 1 atom stereocenters. The van der Waals surface area contributed by atoms with Gasteiger partial charge < -0.3 is 4.90 Å². The number of carbonyl (C=O) groups is 1. The molecule has 0 unspecified atom stereocenters. The fourth-order valence-electron chi connectivity index (χ4n) is 3.45. The number of nitriles is 1. The van der Waals surface area contributed by atoms with E-state index in [1.54, 1.807) is 4.90 Å². The maximum absolute atomic E-state index is 12.3. The van der Waals surface area contributed by atoms with E-state index < -0.39 is 0 Å². The highest BCUT2D eigenvalue weighted by atomic mass is 16.2. The van der Waals surface area contributed by atoms with Gasteiger partial charge in [0.25, 0.3) is 0 Å². The highest BCUT2D eigenvalue weighted by Crippen LogP contribution is 2.25. The van der Waals surface area contributed by atoms with Gasteiger partial charge in [0, 0.05) is 20.6 Å². The number of hydrogen-bond acceptors (Lipinski definition) is 3. The lowest BCUT2D eigenvalue weighted by molar-refractivity contribution is -0.133. The van der Waals surface area contributed by atoms with Crippen LogP contribution in [0.5, 0.6) is 0 Å². The quantitative estimate of drug-likeness (QED) is 0.863. The maximum Gasteiger partial charge on any atom is 0.239 e. The zero-order chi connectivity index (χ0) is 17.8. The zero-order valence-corrected chi connectivity index (χ0v) is 14.8. The minimum atomic E-state index is -0.00556. The Morgan fingerprint density at radius 1 is 1.20 bits per heavy atom. The van der Waals surface area contributed by atoms with Crippen molar-refractivity contribution in [2.24, 2.45) is 0 Å². The van der Waals surface area contributed by atoms with Crippen molar-refractivity contribution in [3.63, 3.8) is 0 Å². The summed E-state index contributed by atoms with van der Waals surface area (Å²) in [5, 5.41) is 9.26.